The van der Waals surface area contributed by atoms with Gasteiger partial charge in [-0.25, -0.2) is 4.68 Å². The molecule has 0 aromatic carbocycles. The molecule has 26 heavy (non-hydrogen) atoms. The van der Waals surface area contributed by atoms with Gasteiger partial charge in [0.15, 0.2) is 0 Å². The van der Waals surface area contributed by atoms with E-state index in [2.05, 4.69) is 15.4 Å². The Hall–Kier alpha value is -2.38. The van der Waals surface area contributed by atoms with Crippen molar-refractivity contribution in [3.63, 3.8) is 0 Å². The number of alkyl halides is 3. The van der Waals surface area contributed by atoms with E-state index >= 15 is 0 Å². The van der Waals surface area contributed by atoms with Crippen LogP contribution in [0.25, 0.3) is 5.69 Å². The van der Waals surface area contributed by atoms with Gasteiger partial charge in [-0.05, 0) is 30.4 Å². The maximum Gasteiger partial charge on any atom is 0.433 e. The van der Waals surface area contributed by atoms with Crippen LogP contribution in [0.1, 0.15) is 56.6 Å². The van der Waals surface area contributed by atoms with Crippen LogP contribution in [0.3, 0.4) is 0 Å². The van der Waals surface area contributed by atoms with Crippen molar-refractivity contribution in [2.24, 2.45) is 5.41 Å². The first kappa shape index (κ1) is 18.4. The normalized spacial score (nSPS) is 17.2. The predicted molar refractivity (Wildman–Crippen MR) is 89.6 cm³/mol. The van der Waals surface area contributed by atoms with Gasteiger partial charge in [-0.15, -0.1) is 0 Å². The third kappa shape index (κ3) is 4.05. The maximum absolute atomic E-state index is 12.8. The van der Waals surface area contributed by atoms with Gasteiger partial charge in [-0.2, -0.15) is 18.3 Å². The van der Waals surface area contributed by atoms with E-state index < -0.39 is 11.9 Å². The van der Waals surface area contributed by atoms with Crippen molar-refractivity contribution in [1.82, 2.24) is 20.1 Å². The third-order valence-corrected chi connectivity index (χ3v) is 4.19. The lowest BCUT2D eigenvalue weighted by Crippen LogP contribution is -2.30. The SMILES string of the molecule is CC(C)(C)CC(=O)N[C@@H]1CCc2nn(-c3ccnc(C(F)(F)F)c3)cc21. The van der Waals surface area contributed by atoms with Gasteiger partial charge in [-0.1, -0.05) is 20.8 Å². The molecular weight excluding hydrogens is 345 g/mol. The molecule has 0 saturated heterocycles. The molecule has 3 rings (SSSR count). The number of hydrogen-bond acceptors (Lipinski definition) is 3. The van der Waals surface area contributed by atoms with Crippen molar-refractivity contribution in [3.05, 3.63) is 41.5 Å². The predicted octanol–water partition coefficient (Wildman–Crippen LogP) is 3.83. The zero-order valence-corrected chi connectivity index (χ0v) is 14.9. The number of nitrogens with zero attached hydrogens (tertiary/aromatic N) is 3. The number of hydrogen-bond donors (Lipinski definition) is 1. The lowest BCUT2D eigenvalue weighted by molar-refractivity contribution is -0.141. The van der Waals surface area contributed by atoms with Crippen LogP contribution in [0, 0.1) is 5.41 Å². The van der Waals surface area contributed by atoms with Crippen LogP contribution in [0.5, 0.6) is 0 Å². The number of carbonyl (C=O) groups is 1. The van der Waals surface area contributed by atoms with E-state index in [9.17, 15) is 18.0 Å². The highest BCUT2D eigenvalue weighted by molar-refractivity contribution is 5.77. The summed E-state index contributed by atoms with van der Waals surface area (Å²) in [5.74, 6) is -0.0358. The summed E-state index contributed by atoms with van der Waals surface area (Å²) >= 11 is 0. The fourth-order valence-corrected chi connectivity index (χ4v) is 3.07. The molecule has 0 radical (unpaired) electrons. The van der Waals surface area contributed by atoms with Gasteiger partial charge in [0.1, 0.15) is 5.69 Å². The van der Waals surface area contributed by atoms with Crippen LogP contribution in [0.15, 0.2) is 24.5 Å². The molecule has 2 aromatic rings. The first-order chi connectivity index (χ1) is 12.0. The van der Waals surface area contributed by atoms with Crippen LogP contribution >= 0.6 is 0 Å². The quantitative estimate of drug-likeness (QED) is 0.898. The van der Waals surface area contributed by atoms with E-state index in [1.807, 2.05) is 20.8 Å². The number of pyridine rings is 1. The number of halogens is 3. The summed E-state index contributed by atoms with van der Waals surface area (Å²) in [6, 6.07) is 2.29. The summed E-state index contributed by atoms with van der Waals surface area (Å²) in [6.45, 7) is 5.98. The van der Waals surface area contributed by atoms with Crippen LogP contribution < -0.4 is 5.32 Å². The molecule has 0 spiro atoms. The molecule has 2 heterocycles. The van der Waals surface area contributed by atoms with E-state index in [0.717, 1.165) is 29.9 Å². The summed E-state index contributed by atoms with van der Waals surface area (Å²) in [4.78, 5) is 15.5. The van der Waals surface area contributed by atoms with Crippen molar-refractivity contribution >= 4 is 5.91 Å². The van der Waals surface area contributed by atoms with Crippen molar-refractivity contribution in [2.75, 3.05) is 0 Å². The van der Waals surface area contributed by atoms with Crippen LogP contribution in [-0.4, -0.2) is 20.7 Å². The van der Waals surface area contributed by atoms with Crippen LogP contribution in [-0.2, 0) is 17.4 Å². The average molecular weight is 366 g/mol. The Labute approximate surface area is 149 Å². The molecule has 0 unspecified atom stereocenters. The highest BCUT2D eigenvalue weighted by Gasteiger charge is 2.33. The van der Waals surface area contributed by atoms with Gasteiger partial charge < -0.3 is 5.32 Å². The van der Waals surface area contributed by atoms with Gasteiger partial charge in [0.2, 0.25) is 5.91 Å². The largest absolute Gasteiger partial charge is 0.433 e. The lowest BCUT2D eigenvalue weighted by atomic mass is 9.92. The molecule has 140 valence electrons. The van der Waals surface area contributed by atoms with Gasteiger partial charge in [0.25, 0.3) is 0 Å². The molecule has 0 fully saturated rings. The summed E-state index contributed by atoms with van der Waals surface area (Å²) < 4.78 is 40.0. The molecule has 1 aliphatic carbocycles. The fraction of sp³-hybridized carbons (Fsp3) is 0.500. The number of carbonyl (C=O) groups excluding carboxylic acids is 1. The monoisotopic (exact) mass is 366 g/mol. The molecule has 0 saturated carbocycles. The van der Waals surface area contributed by atoms with Gasteiger partial charge in [-0.3, -0.25) is 9.78 Å². The summed E-state index contributed by atoms with van der Waals surface area (Å²) in [5, 5.41) is 7.39. The van der Waals surface area contributed by atoms with Crippen molar-refractivity contribution in [2.45, 2.75) is 52.3 Å². The molecule has 5 nitrogen and oxygen atoms in total. The smallest absolute Gasteiger partial charge is 0.349 e. The second kappa shape index (κ2) is 6.41. The zero-order valence-electron chi connectivity index (χ0n) is 14.9. The van der Waals surface area contributed by atoms with Gasteiger partial charge in [0, 0.05) is 24.4 Å². The molecule has 2 aromatic heterocycles. The Morgan fingerprint density at radius 2 is 2.08 bits per heavy atom. The molecule has 1 aliphatic rings. The Morgan fingerprint density at radius 3 is 2.73 bits per heavy atom. The number of rotatable bonds is 3. The Morgan fingerprint density at radius 1 is 1.35 bits per heavy atom. The van der Waals surface area contributed by atoms with Crippen LogP contribution in [0.2, 0.25) is 0 Å². The van der Waals surface area contributed by atoms with Crippen molar-refractivity contribution in [1.29, 1.82) is 0 Å². The highest BCUT2D eigenvalue weighted by atomic mass is 19.4. The molecule has 1 amide bonds. The molecule has 8 heteroatoms. The van der Waals surface area contributed by atoms with Gasteiger partial charge >= 0.3 is 6.18 Å². The molecular formula is C18H21F3N4O. The Kier molecular flexibility index (Phi) is 4.54. The highest BCUT2D eigenvalue weighted by Crippen LogP contribution is 2.33. The minimum Gasteiger partial charge on any atom is -0.349 e. The topological polar surface area (TPSA) is 59.8 Å². The van der Waals surface area contributed by atoms with E-state index in [1.165, 1.54) is 10.7 Å². The average Bonchev–Trinajstić information content (AvgIpc) is 3.07. The molecule has 1 atom stereocenters. The summed E-state index contributed by atoms with van der Waals surface area (Å²) in [7, 11) is 0. The fourth-order valence-electron chi connectivity index (χ4n) is 3.07. The van der Waals surface area contributed by atoms with Gasteiger partial charge in [0.05, 0.1) is 17.4 Å². The number of amides is 1. The summed E-state index contributed by atoms with van der Waals surface area (Å²) in [6.07, 6.45) is 0.146. The van der Waals surface area contributed by atoms with E-state index in [4.69, 9.17) is 0 Å². The molecule has 1 N–H and O–H groups in total. The third-order valence-electron chi connectivity index (χ3n) is 4.19. The minimum atomic E-state index is -4.50. The number of fused-ring (bicyclic) bond motifs is 1. The molecule has 0 aliphatic heterocycles. The van der Waals surface area contributed by atoms with Crippen molar-refractivity contribution in [3.8, 4) is 5.69 Å². The standard InChI is InChI=1S/C18H21F3N4O/c1-17(2,3)9-16(26)23-13-4-5-14-12(13)10-25(24-14)11-6-7-22-15(8-11)18(19,20)21/h6-8,10,13H,4-5,9H2,1-3H3,(H,23,26)/t13-/m1/s1. The minimum absolute atomic E-state index is 0.0358. The van der Waals surface area contributed by atoms with E-state index in [0.29, 0.717) is 18.5 Å². The van der Waals surface area contributed by atoms with E-state index in [-0.39, 0.29) is 17.4 Å². The number of nitrogens with one attached hydrogen (secondary N) is 1. The number of aryl methyl sites for hydroxylation is 1. The second-order valence-electron chi connectivity index (χ2n) is 7.77. The molecule has 0 bridgehead atoms. The van der Waals surface area contributed by atoms with Crippen molar-refractivity contribution < 1.29 is 18.0 Å². The zero-order chi connectivity index (χ0) is 19.1. The van der Waals surface area contributed by atoms with E-state index in [1.54, 1.807) is 6.20 Å². The van der Waals surface area contributed by atoms with Crippen LogP contribution in [0.4, 0.5) is 13.2 Å². The first-order valence-electron chi connectivity index (χ1n) is 8.44. The Bertz CT molecular complexity index is 821. The first-order valence-corrected chi connectivity index (χ1v) is 8.44. The lowest BCUT2D eigenvalue weighted by Gasteiger charge is -2.20. The maximum atomic E-state index is 12.8. The Balaban J connectivity index is 1.80. The second-order valence-corrected chi connectivity index (χ2v) is 7.77. The summed E-state index contributed by atoms with van der Waals surface area (Å²) in [5.41, 5.74) is 0.886. The number of aromatic nitrogens is 3.